The van der Waals surface area contributed by atoms with E-state index in [4.69, 9.17) is 11.6 Å². The van der Waals surface area contributed by atoms with Crippen LogP contribution in [0.4, 0.5) is 5.69 Å². The largest absolute Gasteiger partial charge is 0.382 e. The maximum Gasteiger partial charge on any atom is 0.224 e. The lowest BCUT2D eigenvalue weighted by atomic mass is 9.95. The zero-order valence-corrected chi connectivity index (χ0v) is 17.7. The molecule has 2 aliphatic carbocycles. The van der Waals surface area contributed by atoms with Crippen LogP contribution in [0.3, 0.4) is 0 Å². The molecule has 4 nitrogen and oxygen atoms in total. The highest BCUT2D eigenvalue weighted by molar-refractivity contribution is 6.28. The monoisotopic (exact) mass is 408 g/mol. The fourth-order valence-electron chi connectivity index (χ4n) is 5.10. The summed E-state index contributed by atoms with van der Waals surface area (Å²) in [6.45, 7) is 0. The molecule has 2 fully saturated rings. The van der Waals surface area contributed by atoms with Crippen LogP contribution in [0.15, 0.2) is 36.7 Å². The molecule has 0 aliphatic heterocycles. The van der Waals surface area contributed by atoms with E-state index in [0.717, 1.165) is 11.0 Å². The predicted octanol–water partition coefficient (Wildman–Crippen LogP) is 7.00. The van der Waals surface area contributed by atoms with E-state index in [1.54, 1.807) is 0 Å². The van der Waals surface area contributed by atoms with Crippen LogP contribution in [0.5, 0.6) is 0 Å². The van der Waals surface area contributed by atoms with Crippen LogP contribution < -0.4 is 5.32 Å². The molecule has 2 saturated carbocycles. The van der Waals surface area contributed by atoms with Crippen LogP contribution in [0.1, 0.15) is 70.3 Å². The molecular weight excluding hydrogens is 380 g/mol. The maximum atomic E-state index is 6.15. The van der Waals surface area contributed by atoms with E-state index in [0.29, 0.717) is 17.4 Å². The van der Waals surface area contributed by atoms with Crippen molar-refractivity contribution in [3.05, 3.63) is 41.9 Å². The van der Waals surface area contributed by atoms with Crippen molar-refractivity contribution in [1.29, 1.82) is 0 Å². The lowest BCUT2D eigenvalue weighted by Crippen LogP contribution is -2.22. The molecule has 0 spiro atoms. The lowest BCUT2D eigenvalue weighted by Gasteiger charge is -2.24. The van der Waals surface area contributed by atoms with E-state index in [9.17, 15) is 0 Å². The van der Waals surface area contributed by atoms with E-state index < -0.39 is 0 Å². The molecule has 1 aromatic carbocycles. The first-order chi connectivity index (χ1) is 14.3. The number of nitrogens with one attached hydrogen (secondary N) is 1. The second-order valence-corrected chi connectivity index (χ2v) is 9.01. The summed E-state index contributed by atoms with van der Waals surface area (Å²) in [6, 6.07) is 10.0. The molecule has 5 rings (SSSR count). The maximum absolute atomic E-state index is 6.15. The van der Waals surface area contributed by atoms with Gasteiger partial charge in [0.15, 0.2) is 0 Å². The van der Waals surface area contributed by atoms with Crippen LogP contribution in [0.2, 0.25) is 5.28 Å². The summed E-state index contributed by atoms with van der Waals surface area (Å²) in [5.74, 6) is 0. The number of benzene rings is 1. The molecule has 0 unspecified atom stereocenters. The summed E-state index contributed by atoms with van der Waals surface area (Å²) in [6.07, 6.45) is 17.2. The zero-order chi connectivity index (χ0) is 19.6. The van der Waals surface area contributed by atoms with Crippen molar-refractivity contribution in [2.24, 2.45) is 0 Å². The summed E-state index contributed by atoms with van der Waals surface area (Å²) in [7, 11) is 0. The van der Waals surface area contributed by atoms with Gasteiger partial charge < -0.3 is 9.88 Å². The van der Waals surface area contributed by atoms with Crippen molar-refractivity contribution < 1.29 is 0 Å². The molecule has 2 heterocycles. The van der Waals surface area contributed by atoms with Gasteiger partial charge in [-0.05, 0) is 55.0 Å². The second kappa shape index (κ2) is 8.35. The molecule has 5 heteroatoms. The van der Waals surface area contributed by atoms with E-state index >= 15 is 0 Å². The fourth-order valence-corrected chi connectivity index (χ4v) is 5.23. The number of hydrogen-bond acceptors (Lipinski definition) is 3. The van der Waals surface area contributed by atoms with Gasteiger partial charge in [-0.15, -0.1) is 0 Å². The molecule has 2 aliphatic rings. The normalized spacial score (nSPS) is 18.9. The van der Waals surface area contributed by atoms with Gasteiger partial charge >= 0.3 is 0 Å². The van der Waals surface area contributed by atoms with E-state index in [-0.39, 0.29) is 0 Å². The van der Waals surface area contributed by atoms with Crippen LogP contribution in [0, 0.1) is 0 Å². The number of anilines is 1. The average Bonchev–Trinajstić information content (AvgIpc) is 3.14. The van der Waals surface area contributed by atoms with E-state index in [1.807, 2.05) is 6.20 Å². The van der Waals surface area contributed by atoms with Crippen LogP contribution in [-0.2, 0) is 0 Å². The third kappa shape index (κ3) is 4.00. The van der Waals surface area contributed by atoms with Gasteiger partial charge in [0.2, 0.25) is 5.28 Å². The lowest BCUT2D eigenvalue weighted by molar-refractivity contribution is 0.360. The Balaban J connectivity index is 1.46. The summed E-state index contributed by atoms with van der Waals surface area (Å²) >= 11 is 6.15. The van der Waals surface area contributed by atoms with Crippen molar-refractivity contribution >= 4 is 28.3 Å². The predicted molar refractivity (Wildman–Crippen MR) is 121 cm³/mol. The molecule has 1 N–H and O–H groups in total. The molecule has 0 atom stereocenters. The Labute approximate surface area is 177 Å². The molecule has 0 bridgehead atoms. The summed E-state index contributed by atoms with van der Waals surface area (Å²) in [5, 5.41) is 5.13. The van der Waals surface area contributed by atoms with Crippen molar-refractivity contribution in [2.45, 2.75) is 76.3 Å². The van der Waals surface area contributed by atoms with Gasteiger partial charge in [0.05, 0.1) is 0 Å². The van der Waals surface area contributed by atoms with Gasteiger partial charge in [-0.3, -0.25) is 0 Å². The van der Waals surface area contributed by atoms with Gasteiger partial charge in [0, 0.05) is 41.1 Å². The molecule has 29 heavy (non-hydrogen) atoms. The molecule has 0 radical (unpaired) electrons. The molecule has 0 saturated heterocycles. The Bertz CT molecular complexity index is 966. The standard InChI is InChI=1S/C24H29ClN4/c25-24-26-15-21-22(16-29(23(21)28-24)20-9-5-2-6-10-20)17-11-13-19(14-12-17)27-18-7-3-1-4-8-18/h11-16,18,20,27H,1-10H2. The second-order valence-electron chi connectivity index (χ2n) is 8.67. The van der Waals surface area contributed by atoms with Crippen molar-refractivity contribution in [1.82, 2.24) is 14.5 Å². The number of rotatable bonds is 4. The highest BCUT2D eigenvalue weighted by atomic mass is 35.5. The third-order valence-corrected chi connectivity index (χ3v) is 6.86. The molecule has 2 aromatic heterocycles. The van der Waals surface area contributed by atoms with Crippen molar-refractivity contribution in [3.63, 3.8) is 0 Å². The summed E-state index contributed by atoms with van der Waals surface area (Å²) < 4.78 is 2.35. The molecule has 152 valence electrons. The smallest absolute Gasteiger partial charge is 0.224 e. The Morgan fingerprint density at radius 3 is 2.31 bits per heavy atom. The molecule has 3 aromatic rings. The highest BCUT2D eigenvalue weighted by Crippen LogP contribution is 2.37. The minimum Gasteiger partial charge on any atom is -0.382 e. The van der Waals surface area contributed by atoms with Gasteiger partial charge in [0.25, 0.3) is 0 Å². The minimum absolute atomic E-state index is 0.325. The number of hydrogen-bond donors (Lipinski definition) is 1. The Kier molecular flexibility index (Phi) is 5.45. The van der Waals surface area contributed by atoms with Gasteiger partial charge in [0.1, 0.15) is 5.65 Å². The summed E-state index contributed by atoms with van der Waals surface area (Å²) in [4.78, 5) is 8.87. The zero-order valence-electron chi connectivity index (χ0n) is 16.9. The van der Waals surface area contributed by atoms with Crippen molar-refractivity contribution in [3.8, 4) is 11.1 Å². The van der Waals surface area contributed by atoms with Gasteiger partial charge in [-0.2, -0.15) is 4.98 Å². The number of fused-ring (bicyclic) bond motifs is 1. The van der Waals surface area contributed by atoms with E-state index in [2.05, 4.69) is 50.3 Å². The topological polar surface area (TPSA) is 42.7 Å². The van der Waals surface area contributed by atoms with Crippen LogP contribution in [-0.4, -0.2) is 20.6 Å². The Hall–Kier alpha value is -2.07. The quantitative estimate of drug-likeness (QED) is 0.472. The van der Waals surface area contributed by atoms with Gasteiger partial charge in [-0.1, -0.05) is 50.7 Å². The first kappa shape index (κ1) is 18.9. The number of halogens is 1. The Morgan fingerprint density at radius 2 is 1.59 bits per heavy atom. The first-order valence-corrected chi connectivity index (χ1v) is 11.6. The van der Waals surface area contributed by atoms with E-state index in [1.165, 1.54) is 81.0 Å². The SMILES string of the molecule is Clc1ncc2c(-c3ccc(NC4CCCCC4)cc3)cn(C3CCCCC3)c2n1. The average molecular weight is 409 g/mol. The number of nitrogens with zero attached hydrogens (tertiary/aromatic N) is 3. The highest BCUT2D eigenvalue weighted by Gasteiger charge is 2.21. The van der Waals surface area contributed by atoms with Crippen LogP contribution >= 0.6 is 11.6 Å². The first-order valence-electron chi connectivity index (χ1n) is 11.2. The molecule has 0 amide bonds. The minimum atomic E-state index is 0.325. The molecular formula is C24H29ClN4. The van der Waals surface area contributed by atoms with Gasteiger partial charge in [-0.25, -0.2) is 4.98 Å². The third-order valence-electron chi connectivity index (χ3n) is 6.68. The summed E-state index contributed by atoms with van der Waals surface area (Å²) in [5.41, 5.74) is 4.60. The number of aromatic nitrogens is 3. The Morgan fingerprint density at radius 1 is 0.897 bits per heavy atom. The van der Waals surface area contributed by atoms with Crippen LogP contribution in [0.25, 0.3) is 22.2 Å². The van der Waals surface area contributed by atoms with Crippen molar-refractivity contribution in [2.75, 3.05) is 5.32 Å². The fraction of sp³-hybridized carbons (Fsp3) is 0.500.